The first-order valence-electron chi connectivity index (χ1n) is 9.24. The lowest BCUT2D eigenvalue weighted by Gasteiger charge is -2.16. The molecule has 0 bridgehead atoms. The van der Waals surface area contributed by atoms with Crippen LogP contribution in [0.4, 0.5) is 5.69 Å². The fourth-order valence-electron chi connectivity index (χ4n) is 2.92. The van der Waals surface area contributed by atoms with Crippen molar-refractivity contribution in [2.45, 2.75) is 33.3 Å². The second-order valence-corrected chi connectivity index (χ2v) is 6.71. The number of nitrogens with zero attached hydrogens (tertiary/aromatic N) is 1. The van der Waals surface area contributed by atoms with Crippen molar-refractivity contribution < 1.29 is 24.2 Å². The summed E-state index contributed by atoms with van der Waals surface area (Å²) in [7, 11) is 0. The van der Waals surface area contributed by atoms with Crippen LogP contribution in [0.5, 0.6) is 11.5 Å². The largest absolute Gasteiger partial charge is 0.502 e. The molecule has 0 spiro atoms. The molecule has 0 saturated carbocycles. The van der Waals surface area contributed by atoms with E-state index in [4.69, 9.17) is 9.47 Å². The van der Waals surface area contributed by atoms with Gasteiger partial charge in [0.1, 0.15) is 11.5 Å². The molecule has 0 saturated heterocycles. The van der Waals surface area contributed by atoms with Crippen molar-refractivity contribution in [1.82, 2.24) is 0 Å². The molecule has 6 nitrogen and oxygen atoms in total. The molecule has 1 aliphatic rings. The van der Waals surface area contributed by atoms with Gasteiger partial charge in [-0.3, -0.25) is 9.59 Å². The molecule has 3 rings (SSSR count). The van der Waals surface area contributed by atoms with Crippen molar-refractivity contribution >= 4 is 23.1 Å². The first-order valence-corrected chi connectivity index (χ1v) is 9.24. The first-order chi connectivity index (χ1) is 13.4. The Bertz CT molecular complexity index is 915. The monoisotopic (exact) mass is 381 g/mol. The lowest BCUT2D eigenvalue weighted by atomic mass is 10.1. The number of carbonyl (C=O) groups is 2. The van der Waals surface area contributed by atoms with Gasteiger partial charge in [0.05, 0.1) is 24.0 Å². The Labute approximate surface area is 164 Å². The fraction of sp³-hybridized carbons (Fsp3) is 0.273. The maximum Gasteiger partial charge on any atom is 0.301 e. The van der Waals surface area contributed by atoms with Crippen LogP contribution in [0, 0.1) is 0 Å². The number of hydrogen-bond donors (Lipinski definition) is 1. The molecule has 2 aromatic carbocycles. The summed E-state index contributed by atoms with van der Waals surface area (Å²) in [5.41, 5.74) is 0.777. The SMILES string of the molecule is CCCOc1cccc(N2C(=O)C(O)=C(c3ccc(OC(C)C)cc3)C2=O)c1. The number of amides is 2. The number of carbonyl (C=O) groups excluding carboxylic acids is 2. The van der Waals surface area contributed by atoms with Crippen LogP contribution in [0.2, 0.25) is 0 Å². The second-order valence-electron chi connectivity index (χ2n) is 6.71. The lowest BCUT2D eigenvalue weighted by Crippen LogP contribution is -2.31. The van der Waals surface area contributed by atoms with Crippen LogP contribution in [0.3, 0.4) is 0 Å². The van der Waals surface area contributed by atoms with E-state index in [0.29, 0.717) is 29.4 Å². The minimum atomic E-state index is -0.754. The molecule has 146 valence electrons. The second kappa shape index (κ2) is 8.17. The predicted octanol–water partition coefficient (Wildman–Crippen LogP) is 4.11. The average Bonchev–Trinajstić information content (AvgIpc) is 2.89. The van der Waals surface area contributed by atoms with E-state index in [-0.39, 0.29) is 11.7 Å². The Morgan fingerprint density at radius 2 is 1.71 bits per heavy atom. The normalized spacial score (nSPS) is 14.2. The molecule has 28 heavy (non-hydrogen) atoms. The van der Waals surface area contributed by atoms with Crippen LogP contribution < -0.4 is 14.4 Å². The van der Waals surface area contributed by atoms with Crippen LogP contribution >= 0.6 is 0 Å². The highest BCUT2D eigenvalue weighted by Gasteiger charge is 2.40. The topological polar surface area (TPSA) is 76.1 Å². The number of aliphatic hydroxyl groups is 1. The van der Waals surface area contributed by atoms with Crippen LogP contribution in [0.25, 0.3) is 5.57 Å². The van der Waals surface area contributed by atoms with Gasteiger partial charge in [-0.15, -0.1) is 0 Å². The molecular weight excluding hydrogens is 358 g/mol. The van der Waals surface area contributed by atoms with Crippen molar-refractivity contribution in [2.24, 2.45) is 0 Å². The zero-order chi connectivity index (χ0) is 20.3. The summed E-state index contributed by atoms with van der Waals surface area (Å²) < 4.78 is 11.2. The Morgan fingerprint density at radius 3 is 2.36 bits per heavy atom. The minimum absolute atomic E-state index is 0.0193. The maximum absolute atomic E-state index is 12.9. The van der Waals surface area contributed by atoms with E-state index in [2.05, 4.69) is 0 Å². The van der Waals surface area contributed by atoms with Crippen molar-refractivity contribution in [3.8, 4) is 11.5 Å². The van der Waals surface area contributed by atoms with E-state index in [1.165, 1.54) is 0 Å². The summed E-state index contributed by atoms with van der Waals surface area (Å²) in [5, 5.41) is 10.3. The number of imide groups is 1. The number of benzene rings is 2. The predicted molar refractivity (Wildman–Crippen MR) is 106 cm³/mol. The molecule has 0 atom stereocenters. The van der Waals surface area contributed by atoms with Gasteiger partial charge in [-0.25, -0.2) is 4.90 Å². The third kappa shape index (κ3) is 3.86. The third-order valence-electron chi connectivity index (χ3n) is 4.12. The van der Waals surface area contributed by atoms with Gasteiger partial charge in [-0.1, -0.05) is 25.1 Å². The summed E-state index contributed by atoms with van der Waals surface area (Å²) in [6, 6.07) is 13.4. The summed E-state index contributed by atoms with van der Waals surface area (Å²) in [6.45, 7) is 6.35. The van der Waals surface area contributed by atoms with Crippen LogP contribution in [0.15, 0.2) is 54.3 Å². The third-order valence-corrected chi connectivity index (χ3v) is 4.12. The van der Waals surface area contributed by atoms with Gasteiger partial charge in [0.25, 0.3) is 5.91 Å². The quantitative estimate of drug-likeness (QED) is 0.731. The molecular formula is C22H23NO5. The molecule has 0 aliphatic carbocycles. The van der Waals surface area contributed by atoms with Crippen molar-refractivity contribution in [3.63, 3.8) is 0 Å². The van der Waals surface area contributed by atoms with Crippen LogP contribution in [0.1, 0.15) is 32.8 Å². The lowest BCUT2D eigenvalue weighted by molar-refractivity contribution is -0.121. The number of hydrogen-bond acceptors (Lipinski definition) is 5. The molecule has 2 amide bonds. The van der Waals surface area contributed by atoms with Gasteiger partial charge in [-0.05, 0) is 50.1 Å². The van der Waals surface area contributed by atoms with E-state index in [1.54, 1.807) is 48.5 Å². The first kappa shape index (κ1) is 19.5. The Kier molecular flexibility index (Phi) is 5.68. The van der Waals surface area contributed by atoms with Gasteiger partial charge >= 0.3 is 5.91 Å². The van der Waals surface area contributed by atoms with E-state index in [1.807, 2.05) is 20.8 Å². The number of aliphatic hydroxyl groups excluding tert-OH is 1. The summed E-state index contributed by atoms with van der Waals surface area (Å²) in [5.74, 6) is -0.693. The zero-order valence-electron chi connectivity index (χ0n) is 16.1. The van der Waals surface area contributed by atoms with E-state index in [9.17, 15) is 14.7 Å². The highest BCUT2D eigenvalue weighted by atomic mass is 16.5. The van der Waals surface area contributed by atoms with Crippen LogP contribution in [-0.2, 0) is 9.59 Å². The Hall–Kier alpha value is -3.28. The van der Waals surface area contributed by atoms with Gasteiger partial charge in [0.15, 0.2) is 5.76 Å². The number of rotatable bonds is 7. The molecule has 6 heteroatoms. The molecule has 0 fully saturated rings. The summed E-state index contributed by atoms with van der Waals surface area (Å²) >= 11 is 0. The Balaban J connectivity index is 1.88. The molecule has 2 aromatic rings. The number of ether oxygens (including phenoxy) is 2. The highest BCUT2D eigenvalue weighted by Crippen LogP contribution is 2.33. The fourth-order valence-corrected chi connectivity index (χ4v) is 2.92. The standard InChI is InChI=1S/C22H23NO5/c1-4-12-27-18-7-5-6-16(13-18)23-21(25)19(20(24)22(23)26)15-8-10-17(11-9-15)28-14(2)3/h5-11,13-14,24H,4,12H2,1-3H3. The van der Waals surface area contributed by atoms with E-state index in [0.717, 1.165) is 11.3 Å². The van der Waals surface area contributed by atoms with Crippen LogP contribution in [-0.4, -0.2) is 29.6 Å². The van der Waals surface area contributed by atoms with E-state index < -0.39 is 17.6 Å². The smallest absolute Gasteiger partial charge is 0.301 e. The van der Waals surface area contributed by atoms with Crippen molar-refractivity contribution in [1.29, 1.82) is 0 Å². The number of anilines is 1. The van der Waals surface area contributed by atoms with Gasteiger partial charge in [0.2, 0.25) is 0 Å². The Morgan fingerprint density at radius 1 is 1.00 bits per heavy atom. The van der Waals surface area contributed by atoms with Gasteiger partial charge < -0.3 is 14.6 Å². The molecule has 1 N–H and O–H groups in total. The van der Waals surface area contributed by atoms with Crippen molar-refractivity contribution in [2.75, 3.05) is 11.5 Å². The molecule has 0 unspecified atom stereocenters. The molecule has 0 aromatic heterocycles. The zero-order valence-corrected chi connectivity index (χ0v) is 16.1. The summed E-state index contributed by atoms with van der Waals surface area (Å²) in [4.78, 5) is 26.5. The molecule has 1 aliphatic heterocycles. The van der Waals surface area contributed by atoms with E-state index >= 15 is 0 Å². The highest BCUT2D eigenvalue weighted by molar-refractivity contribution is 6.44. The molecule has 0 radical (unpaired) electrons. The van der Waals surface area contributed by atoms with Gasteiger partial charge in [0, 0.05) is 6.07 Å². The van der Waals surface area contributed by atoms with Crippen molar-refractivity contribution in [3.05, 3.63) is 59.9 Å². The summed E-state index contributed by atoms with van der Waals surface area (Å²) in [6.07, 6.45) is 0.861. The average molecular weight is 381 g/mol. The molecule has 1 heterocycles. The maximum atomic E-state index is 12.9. The minimum Gasteiger partial charge on any atom is -0.502 e. The van der Waals surface area contributed by atoms with Gasteiger partial charge in [-0.2, -0.15) is 0 Å².